The molecule has 0 heterocycles. The van der Waals surface area contributed by atoms with Gasteiger partial charge in [-0.2, -0.15) is 0 Å². The lowest BCUT2D eigenvalue weighted by Gasteiger charge is -2.37. The van der Waals surface area contributed by atoms with Crippen LogP contribution in [0.15, 0.2) is 67.3 Å². The van der Waals surface area contributed by atoms with E-state index in [0.717, 1.165) is 0 Å². The Morgan fingerprint density at radius 1 is 1.00 bits per heavy atom. The second-order valence-electron chi connectivity index (χ2n) is 7.40. The van der Waals surface area contributed by atoms with Gasteiger partial charge in [0.2, 0.25) is 0 Å². The lowest BCUT2D eigenvalue weighted by atomic mass is 9.61. The second-order valence-corrected chi connectivity index (χ2v) is 7.40. The lowest BCUT2D eigenvalue weighted by molar-refractivity contribution is -0.152. The minimum Gasteiger partial charge on any atom is -0.465 e. The van der Waals surface area contributed by atoms with Crippen LogP contribution in [-0.4, -0.2) is 29.9 Å². The molecule has 2 aromatic rings. The third kappa shape index (κ3) is 3.30. The molecule has 154 valence electrons. The van der Waals surface area contributed by atoms with Gasteiger partial charge >= 0.3 is 5.97 Å². The number of fused-ring (bicyclic) bond motifs is 1. The fourth-order valence-electron chi connectivity index (χ4n) is 4.48. The first kappa shape index (κ1) is 21.4. The van der Waals surface area contributed by atoms with Crippen molar-refractivity contribution in [1.29, 1.82) is 0 Å². The van der Waals surface area contributed by atoms with Crippen LogP contribution in [-0.2, 0) is 14.3 Å². The van der Waals surface area contributed by atoms with Gasteiger partial charge in [0.05, 0.1) is 6.61 Å². The molecule has 0 amide bonds. The van der Waals surface area contributed by atoms with Gasteiger partial charge in [0, 0.05) is 17.0 Å². The molecule has 0 spiro atoms. The number of hydrogen-bond acceptors (Lipinski definition) is 5. The summed E-state index contributed by atoms with van der Waals surface area (Å²) >= 11 is 0. The summed E-state index contributed by atoms with van der Waals surface area (Å²) in [5.74, 6) is -4.30. The maximum atomic E-state index is 13.7. The molecule has 0 aliphatic heterocycles. The number of ketones is 3. The summed E-state index contributed by atoms with van der Waals surface area (Å²) in [5.41, 5.74) is -0.481. The standard InChI is InChI=1S/C25H24O5/c1-4-15-25(22(27)18-13-9-10-14-19(18)23(25)28)21(17-11-7-6-8-12-17)20(16(3)26)24(29)30-5-2/h4,6-14,20-21H,1,5,15H2,2-3H3. The minimum absolute atomic E-state index is 0.00208. The third-order valence-corrected chi connectivity index (χ3v) is 5.69. The van der Waals surface area contributed by atoms with Crippen LogP contribution in [0.3, 0.4) is 0 Å². The van der Waals surface area contributed by atoms with Crippen LogP contribution in [0.25, 0.3) is 0 Å². The molecule has 5 nitrogen and oxygen atoms in total. The van der Waals surface area contributed by atoms with Gasteiger partial charge in [0.15, 0.2) is 11.6 Å². The zero-order chi connectivity index (χ0) is 21.9. The quantitative estimate of drug-likeness (QED) is 0.375. The van der Waals surface area contributed by atoms with Crippen LogP contribution in [0, 0.1) is 11.3 Å². The largest absolute Gasteiger partial charge is 0.465 e. The number of rotatable bonds is 8. The van der Waals surface area contributed by atoms with E-state index in [2.05, 4.69) is 6.58 Å². The lowest BCUT2D eigenvalue weighted by Crippen LogP contribution is -2.47. The molecule has 0 N–H and O–H groups in total. The predicted octanol–water partition coefficient (Wildman–Crippen LogP) is 4.18. The van der Waals surface area contributed by atoms with Crippen molar-refractivity contribution < 1.29 is 23.9 Å². The van der Waals surface area contributed by atoms with Gasteiger partial charge in [-0.05, 0) is 25.8 Å². The summed E-state index contributed by atoms with van der Waals surface area (Å²) in [4.78, 5) is 53.0. The van der Waals surface area contributed by atoms with E-state index in [-0.39, 0.29) is 13.0 Å². The van der Waals surface area contributed by atoms with Gasteiger partial charge in [-0.15, -0.1) is 6.58 Å². The molecule has 0 aromatic heterocycles. The zero-order valence-electron chi connectivity index (χ0n) is 17.1. The summed E-state index contributed by atoms with van der Waals surface area (Å²) in [7, 11) is 0. The average molecular weight is 404 g/mol. The molecule has 1 aliphatic rings. The Bertz CT molecular complexity index is 970. The highest BCUT2D eigenvalue weighted by molar-refractivity contribution is 6.30. The number of allylic oxidation sites excluding steroid dienone is 1. The molecule has 0 saturated carbocycles. The molecule has 30 heavy (non-hydrogen) atoms. The molecule has 1 aliphatic carbocycles. The number of esters is 1. The van der Waals surface area contributed by atoms with E-state index in [1.165, 1.54) is 13.0 Å². The number of benzene rings is 2. The minimum atomic E-state index is -1.64. The van der Waals surface area contributed by atoms with E-state index >= 15 is 0 Å². The fraction of sp³-hybridized carbons (Fsp3) is 0.280. The van der Waals surface area contributed by atoms with E-state index in [0.29, 0.717) is 16.7 Å². The molecule has 2 aromatic carbocycles. The molecular weight excluding hydrogens is 380 g/mol. The number of Topliss-reactive ketones (excluding diaryl/α,β-unsaturated/α-hetero) is 3. The van der Waals surface area contributed by atoms with Crippen LogP contribution >= 0.6 is 0 Å². The van der Waals surface area contributed by atoms with Crippen molar-refractivity contribution in [3.8, 4) is 0 Å². The molecular formula is C25H24O5. The van der Waals surface area contributed by atoms with E-state index in [9.17, 15) is 19.2 Å². The second kappa shape index (κ2) is 8.57. The highest BCUT2D eigenvalue weighted by Crippen LogP contribution is 2.53. The van der Waals surface area contributed by atoms with E-state index in [4.69, 9.17) is 4.74 Å². The molecule has 0 radical (unpaired) electrons. The van der Waals surface area contributed by atoms with Gasteiger partial charge in [-0.25, -0.2) is 0 Å². The van der Waals surface area contributed by atoms with E-state index < -0.39 is 40.6 Å². The van der Waals surface area contributed by atoms with E-state index in [1.807, 2.05) is 0 Å². The number of ether oxygens (including phenoxy) is 1. The smallest absolute Gasteiger partial charge is 0.317 e. The number of hydrogen-bond donors (Lipinski definition) is 0. The summed E-state index contributed by atoms with van der Waals surface area (Å²) in [6.07, 6.45) is 1.50. The molecule has 2 unspecified atom stereocenters. The molecule has 3 rings (SSSR count). The number of carbonyl (C=O) groups excluding carboxylic acids is 4. The van der Waals surface area contributed by atoms with Crippen LogP contribution in [0.5, 0.6) is 0 Å². The van der Waals surface area contributed by atoms with Gasteiger partial charge in [-0.1, -0.05) is 60.7 Å². The monoisotopic (exact) mass is 404 g/mol. The first-order valence-corrected chi connectivity index (χ1v) is 9.91. The van der Waals surface area contributed by atoms with Gasteiger partial charge < -0.3 is 4.74 Å². The van der Waals surface area contributed by atoms with Crippen molar-refractivity contribution in [2.75, 3.05) is 6.61 Å². The molecule has 0 fully saturated rings. The van der Waals surface area contributed by atoms with Crippen LogP contribution < -0.4 is 0 Å². The Morgan fingerprint density at radius 3 is 2.00 bits per heavy atom. The summed E-state index contributed by atoms with van der Waals surface area (Å²) in [6, 6.07) is 15.4. The first-order valence-electron chi connectivity index (χ1n) is 9.91. The topological polar surface area (TPSA) is 77.5 Å². The Kier molecular flexibility index (Phi) is 6.11. The summed E-state index contributed by atoms with van der Waals surface area (Å²) < 4.78 is 5.19. The maximum Gasteiger partial charge on any atom is 0.317 e. The van der Waals surface area contributed by atoms with Gasteiger partial charge in [0.1, 0.15) is 17.1 Å². The van der Waals surface area contributed by atoms with Crippen molar-refractivity contribution in [2.24, 2.45) is 11.3 Å². The van der Waals surface area contributed by atoms with Crippen LogP contribution in [0.4, 0.5) is 0 Å². The predicted molar refractivity (Wildman–Crippen MR) is 112 cm³/mol. The van der Waals surface area contributed by atoms with Crippen molar-refractivity contribution in [1.82, 2.24) is 0 Å². The Balaban J connectivity index is 2.32. The normalized spacial score (nSPS) is 16.5. The Hall–Kier alpha value is -3.34. The van der Waals surface area contributed by atoms with E-state index in [1.54, 1.807) is 61.5 Å². The number of carbonyl (C=O) groups is 4. The van der Waals surface area contributed by atoms with Crippen molar-refractivity contribution in [2.45, 2.75) is 26.2 Å². The summed E-state index contributed by atoms with van der Waals surface area (Å²) in [5, 5.41) is 0. The van der Waals surface area contributed by atoms with Crippen molar-refractivity contribution >= 4 is 23.3 Å². The van der Waals surface area contributed by atoms with Crippen molar-refractivity contribution in [3.63, 3.8) is 0 Å². The Morgan fingerprint density at radius 2 is 1.53 bits per heavy atom. The zero-order valence-corrected chi connectivity index (χ0v) is 17.1. The van der Waals surface area contributed by atoms with Gasteiger partial charge in [-0.3, -0.25) is 19.2 Å². The van der Waals surface area contributed by atoms with Gasteiger partial charge in [0.25, 0.3) is 0 Å². The molecule has 2 atom stereocenters. The fourth-order valence-corrected chi connectivity index (χ4v) is 4.48. The molecule has 0 bridgehead atoms. The van der Waals surface area contributed by atoms with Crippen LogP contribution in [0.1, 0.15) is 52.5 Å². The first-order chi connectivity index (χ1) is 14.4. The highest BCUT2D eigenvalue weighted by atomic mass is 16.5. The molecule has 5 heteroatoms. The average Bonchev–Trinajstić information content (AvgIpc) is 2.95. The maximum absolute atomic E-state index is 13.7. The van der Waals surface area contributed by atoms with Crippen LogP contribution in [0.2, 0.25) is 0 Å². The SMILES string of the molecule is C=CCC1(C(c2ccccc2)C(C(C)=O)C(=O)OCC)C(=O)c2ccccc2C1=O. The third-order valence-electron chi connectivity index (χ3n) is 5.69. The Labute approximate surface area is 175 Å². The highest BCUT2D eigenvalue weighted by Gasteiger charge is 2.60. The van der Waals surface area contributed by atoms with Crippen molar-refractivity contribution in [3.05, 3.63) is 83.9 Å². The summed E-state index contributed by atoms with van der Waals surface area (Å²) in [6.45, 7) is 6.78. The molecule has 0 saturated heterocycles.